The summed E-state index contributed by atoms with van der Waals surface area (Å²) in [4.78, 5) is 31.6. The number of carbonyl (C=O) groups excluding carboxylic acids is 2. The highest BCUT2D eigenvalue weighted by atomic mass is 16.2. The fourth-order valence-electron chi connectivity index (χ4n) is 3.75. The van der Waals surface area contributed by atoms with Crippen LogP contribution in [-0.2, 0) is 11.3 Å². The number of hydrogen-bond acceptors (Lipinski definition) is 4. The summed E-state index contributed by atoms with van der Waals surface area (Å²) in [6, 6.07) is 9.44. The summed E-state index contributed by atoms with van der Waals surface area (Å²) in [6.07, 6.45) is 10.5. The van der Waals surface area contributed by atoms with Gasteiger partial charge in [-0.1, -0.05) is 32.3 Å². The monoisotopic (exact) mass is 408 g/mol. The second-order valence-electron chi connectivity index (χ2n) is 7.83. The molecule has 0 unspecified atom stereocenters. The summed E-state index contributed by atoms with van der Waals surface area (Å²) in [5.41, 5.74) is 3.15. The van der Waals surface area contributed by atoms with Crippen LogP contribution in [0.4, 0.5) is 11.4 Å². The lowest BCUT2D eigenvalue weighted by atomic mass is 10.1. The lowest BCUT2D eigenvalue weighted by Gasteiger charge is -2.22. The van der Waals surface area contributed by atoms with Gasteiger partial charge in [0.2, 0.25) is 5.91 Å². The average Bonchev–Trinajstić information content (AvgIpc) is 3.30. The van der Waals surface area contributed by atoms with Crippen LogP contribution in [0.3, 0.4) is 0 Å². The van der Waals surface area contributed by atoms with Crippen LogP contribution in [0.2, 0.25) is 0 Å². The molecule has 3 rings (SSSR count). The summed E-state index contributed by atoms with van der Waals surface area (Å²) in [5, 5.41) is 5.95. The Balaban J connectivity index is 1.70. The Morgan fingerprint density at radius 3 is 2.67 bits per heavy atom. The molecular weight excluding hydrogens is 376 g/mol. The van der Waals surface area contributed by atoms with Gasteiger partial charge in [-0.05, 0) is 49.1 Å². The second kappa shape index (κ2) is 11.3. The fourth-order valence-corrected chi connectivity index (χ4v) is 3.75. The number of rotatable bonds is 10. The van der Waals surface area contributed by atoms with E-state index in [0.717, 1.165) is 62.9 Å². The number of nitrogens with one attached hydrogen (secondary N) is 2. The highest BCUT2D eigenvalue weighted by Gasteiger charge is 2.20. The van der Waals surface area contributed by atoms with Gasteiger partial charge in [-0.25, -0.2) is 0 Å². The smallest absolute Gasteiger partial charge is 0.253 e. The molecule has 1 aromatic carbocycles. The van der Waals surface area contributed by atoms with E-state index in [1.807, 2.05) is 24.3 Å². The molecule has 1 aliphatic rings. The molecule has 0 radical (unpaired) electrons. The summed E-state index contributed by atoms with van der Waals surface area (Å²) in [5.74, 6) is -0.137. The van der Waals surface area contributed by atoms with Crippen LogP contribution in [-0.4, -0.2) is 29.9 Å². The van der Waals surface area contributed by atoms with Crippen molar-refractivity contribution in [2.75, 3.05) is 23.3 Å². The van der Waals surface area contributed by atoms with Crippen LogP contribution >= 0.6 is 0 Å². The van der Waals surface area contributed by atoms with E-state index in [2.05, 4.69) is 27.4 Å². The Morgan fingerprint density at radius 1 is 1.10 bits per heavy atom. The van der Waals surface area contributed by atoms with Crippen molar-refractivity contribution in [3.05, 3.63) is 53.9 Å². The molecule has 6 nitrogen and oxygen atoms in total. The van der Waals surface area contributed by atoms with Crippen LogP contribution in [0.25, 0.3) is 0 Å². The number of pyridine rings is 1. The minimum atomic E-state index is -0.139. The molecule has 2 N–H and O–H groups in total. The molecule has 0 aliphatic carbocycles. The standard InChI is InChI=1S/C24H32N4O2/c1-2-3-4-5-10-23(29)27-20-11-12-22(28-14-6-7-15-28)21(16-20)24(30)26-18-19-9-8-13-25-17-19/h8-9,11-13,16-17H,2-7,10,14-15,18H2,1H3,(H,26,30)(H,27,29). The van der Waals surface area contributed by atoms with Gasteiger partial charge in [-0.2, -0.15) is 0 Å². The number of amides is 2. The molecule has 1 aromatic heterocycles. The van der Waals surface area contributed by atoms with Gasteiger partial charge in [0.15, 0.2) is 0 Å². The molecule has 0 saturated carbocycles. The minimum Gasteiger partial charge on any atom is -0.371 e. The van der Waals surface area contributed by atoms with Crippen molar-refractivity contribution in [3.8, 4) is 0 Å². The maximum Gasteiger partial charge on any atom is 0.253 e. The molecule has 0 bridgehead atoms. The molecule has 2 aromatic rings. The van der Waals surface area contributed by atoms with Gasteiger partial charge in [0, 0.05) is 49.8 Å². The highest BCUT2D eigenvalue weighted by Crippen LogP contribution is 2.28. The molecule has 1 saturated heterocycles. The summed E-state index contributed by atoms with van der Waals surface area (Å²) >= 11 is 0. The van der Waals surface area contributed by atoms with Crippen molar-refractivity contribution in [2.24, 2.45) is 0 Å². The molecule has 0 atom stereocenters. The van der Waals surface area contributed by atoms with Crippen molar-refractivity contribution in [2.45, 2.75) is 58.4 Å². The number of anilines is 2. The maximum absolute atomic E-state index is 13.0. The molecule has 2 heterocycles. The topological polar surface area (TPSA) is 74.3 Å². The van der Waals surface area contributed by atoms with Crippen LogP contribution in [0.15, 0.2) is 42.7 Å². The molecule has 1 fully saturated rings. The van der Waals surface area contributed by atoms with E-state index in [4.69, 9.17) is 0 Å². The largest absolute Gasteiger partial charge is 0.371 e. The van der Waals surface area contributed by atoms with E-state index in [0.29, 0.717) is 24.2 Å². The van der Waals surface area contributed by atoms with Crippen molar-refractivity contribution in [1.29, 1.82) is 0 Å². The van der Waals surface area contributed by atoms with E-state index in [1.54, 1.807) is 18.5 Å². The van der Waals surface area contributed by atoms with Crippen LogP contribution < -0.4 is 15.5 Å². The first-order valence-electron chi connectivity index (χ1n) is 11.0. The Kier molecular flexibility index (Phi) is 8.24. The SMILES string of the molecule is CCCCCCC(=O)Nc1ccc(N2CCCC2)c(C(=O)NCc2cccnc2)c1. The van der Waals surface area contributed by atoms with Crippen molar-refractivity contribution in [1.82, 2.24) is 10.3 Å². The molecule has 6 heteroatoms. The Morgan fingerprint density at radius 2 is 1.93 bits per heavy atom. The van der Waals surface area contributed by atoms with E-state index in [9.17, 15) is 9.59 Å². The first-order chi connectivity index (χ1) is 14.7. The van der Waals surface area contributed by atoms with Crippen molar-refractivity contribution in [3.63, 3.8) is 0 Å². The van der Waals surface area contributed by atoms with Crippen LogP contribution in [0, 0.1) is 0 Å². The number of hydrogen-bond donors (Lipinski definition) is 2. The molecule has 2 amide bonds. The quantitative estimate of drug-likeness (QED) is 0.567. The van der Waals surface area contributed by atoms with Gasteiger partial charge in [0.05, 0.1) is 5.56 Å². The van der Waals surface area contributed by atoms with Crippen molar-refractivity contribution < 1.29 is 9.59 Å². The van der Waals surface area contributed by atoms with E-state index >= 15 is 0 Å². The van der Waals surface area contributed by atoms with E-state index < -0.39 is 0 Å². The number of nitrogens with zero attached hydrogens (tertiary/aromatic N) is 2. The van der Waals surface area contributed by atoms with Gasteiger partial charge < -0.3 is 15.5 Å². The van der Waals surface area contributed by atoms with E-state index in [-0.39, 0.29) is 11.8 Å². The first kappa shape index (κ1) is 21.8. The zero-order chi connectivity index (χ0) is 21.2. The Bertz CT molecular complexity index is 832. The minimum absolute atomic E-state index is 0.00161. The highest BCUT2D eigenvalue weighted by molar-refractivity contribution is 6.02. The number of benzene rings is 1. The summed E-state index contributed by atoms with van der Waals surface area (Å²) in [7, 11) is 0. The molecule has 30 heavy (non-hydrogen) atoms. The normalized spacial score (nSPS) is 13.3. The number of unbranched alkanes of at least 4 members (excludes halogenated alkanes) is 3. The molecule has 160 valence electrons. The van der Waals surface area contributed by atoms with Crippen LogP contribution in [0.1, 0.15) is 67.8 Å². The van der Waals surface area contributed by atoms with Gasteiger partial charge >= 0.3 is 0 Å². The fraction of sp³-hybridized carbons (Fsp3) is 0.458. The average molecular weight is 409 g/mol. The Labute approximate surface area is 179 Å². The number of aromatic nitrogens is 1. The van der Waals surface area contributed by atoms with Gasteiger partial charge in [-0.3, -0.25) is 14.6 Å². The van der Waals surface area contributed by atoms with Crippen LogP contribution in [0.5, 0.6) is 0 Å². The second-order valence-corrected chi connectivity index (χ2v) is 7.83. The zero-order valence-corrected chi connectivity index (χ0v) is 17.8. The van der Waals surface area contributed by atoms with Crippen molar-refractivity contribution >= 4 is 23.2 Å². The van der Waals surface area contributed by atoms with Gasteiger partial charge in [0.1, 0.15) is 0 Å². The molecule has 1 aliphatic heterocycles. The zero-order valence-electron chi connectivity index (χ0n) is 17.8. The maximum atomic E-state index is 13.0. The summed E-state index contributed by atoms with van der Waals surface area (Å²) < 4.78 is 0. The van der Waals surface area contributed by atoms with Gasteiger partial charge in [0.25, 0.3) is 5.91 Å². The molecule has 0 spiro atoms. The third kappa shape index (κ3) is 6.31. The molecular formula is C24H32N4O2. The van der Waals surface area contributed by atoms with Gasteiger partial charge in [-0.15, -0.1) is 0 Å². The first-order valence-corrected chi connectivity index (χ1v) is 11.0. The third-order valence-corrected chi connectivity index (χ3v) is 5.40. The number of carbonyl (C=O) groups is 2. The predicted octanol–water partition coefficient (Wildman–Crippen LogP) is 4.52. The predicted molar refractivity (Wildman–Crippen MR) is 121 cm³/mol. The summed E-state index contributed by atoms with van der Waals surface area (Å²) in [6.45, 7) is 4.47. The third-order valence-electron chi connectivity index (χ3n) is 5.40. The lowest BCUT2D eigenvalue weighted by molar-refractivity contribution is -0.116. The Hall–Kier alpha value is -2.89. The van der Waals surface area contributed by atoms with E-state index in [1.165, 1.54) is 0 Å². The lowest BCUT2D eigenvalue weighted by Crippen LogP contribution is -2.27.